The molecule has 2 amide bonds. The van der Waals surface area contributed by atoms with Crippen molar-refractivity contribution in [2.45, 2.75) is 24.7 Å². The zero-order chi connectivity index (χ0) is 27.1. The number of alkyl halides is 3. The SMILES string of the molecule is C[C@@](NC(=O)CN)(C(=O)O)C1CN(c2ccc3cc(-c4ccccc4C(F)(F)F)[nH]c(=O)c3c2)C(=O)O1. The van der Waals surface area contributed by atoms with Crippen LogP contribution in [-0.2, 0) is 20.5 Å². The van der Waals surface area contributed by atoms with Gasteiger partial charge in [-0.1, -0.05) is 24.3 Å². The highest BCUT2D eigenvalue weighted by molar-refractivity contribution is 5.96. The zero-order valence-corrected chi connectivity index (χ0v) is 19.3. The molecule has 13 heteroatoms. The van der Waals surface area contributed by atoms with Crippen molar-refractivity contribution in [1.82, 2.24) is 10.3 Å². The van der Waals surface area contributed by atoms with E-state index in [1.54, 1.807) is 0 Å². The van der Waals surface area contributed by atoms with E-state index in [-0.39, 0.29) is 28.9 Å². The molecule has 0 spiro atoms. The van der Waals surface area contributed by atoms with E-state index >= 15 is 0 Å². The maximum Gasteiger partial charge on any atom is 0.417 e. The van der Waals surface area contributed by atoms with Gasteiger partial charge in [0.1, 0.15) is 0 Å². The second-order valence-electron chi connectivity index (χ2n) is 8.57. The van der Waals surface area contributed by atoms with Crippen LogP contribution in [0.5, 0.6) is 0 Å². The van der Waals surface area contributed by atoms with Crippen LogP contribution >= 0.6 is 0 Å². The van der Waals surface area contributed by atoms with Crippen LogP contribution in [0.15, 0.2) is 53.3 Å². The van der Waals surface area contributed by atoms with Gasteiger partial charge in [-0.25, -0.2) is 9.59 Å². The third-order valence-corrected chi connectivity index (χ3v) is 6.15. The molecule has 2 aromatic carbocycles. The molecule has 1 fully saturated rings. The molecular formula is C24H21F3N4O6. The minimum Gasteiger partial charge on any atom is -0.479 e. The zero-order valence-electron chi connectivity index (χ0n) is 19.3. The van der Waals surface area contributed by atoms with E-state index in [0.29, 0.717) is 5.39 Å². The summed E-state index contributed by atoms with van der Waals surface area (Å²) in [5, 5.41) is 12.3. The number of hydrogen-bond acceptors (Lipinski definition) is 6. The van der Waals surface area contributed by atoms with Gasteiger partial charge < -0.3 is 25.9 Å². The van der Waals surface area contributed by atoms with E-state index < -0.39 is 53.5 Å². The molecule has 4 rings (SSSR count). The van der Waals surface area contributed by atoms with Gasteiger partial charge >= 0.3 is 18.2 Å². The summed E-state index contributed by atoms with van der Waals surface area (Å²) in [5.74, 6) is -2.21. The molecule has 1 aromatic heterocycles. The Bertz CT molecular complexity index is 1470. The Morgan fingerprint density at radius 3 is 2.54 bits per heavy atom. The number of nitrogens with zero attached hydrogens (tertiary/aromatic N) is 1. The first-order valence-electron chi connectivity index (χ1n) is 10.9. The number of carbonyl (C=O) groups excluding carboxylic acids is 2. The van der Waals surface area contributed by atoms with Gasteiger partial charge in [-0.3, -0.25) is 14.5 Å². The van der Waals surface area contributed by atoms with Crippen molar-refractivity contribution in [2.24, 2.45) is 5.73 Å². The Morgan fingerprint density at radius 2 is 1.89 bits per heavy atom. The van der Waals surface area contributed by atoms with Crippen molar-refractivity contribution in [1.29, 1.82) is 0 Å². The van der Waals surface area contributed by atoms with E-state index in [9.17, 15) is 37.5 Å². The quantitative estimate of drug-likeness (QED) is 0.391. The molecule has 1 aliphatic rings. The number of carbonyl (C=O) groups is 3. The Labute approximate surface area is 206 Å². The summed E-state index contributed by atoms with van der Waals surface area (Å²) in [6, 6.07) is 10.5. The number of hydrogen-bond donors (Lipinski definition) is 4. The van der Waals surface area contributed by atoms with Crippen molar-refractivity contribution < 1.29 is 37.4 Å². The molecule has 0 saturated carbocycles. The molecule has 1 saturated heterocycles. The second kappa shape index (κ2) is 9.24. The average molecular weight is 518 g/mol. The highest BCUT2D eigenvalue weighted by Crippen LogP contribution is 2.37. The van der Waals surface area contributed by atoms with Crippen LogP contribution in [0, 0.1) is 0 Å². The second-order valence-corrected chi connectivity index (χ2v) is 8.57. The normalized spacial score (nSPS) is 17.4. The monoisotopic (exact) mass is 518 g/mol. The van der Waals surface area contributed by atoms with Gasteiger partial charge in [0, 0.05) is 22.3 Å². The van der Waals surface area contributed by atoms with Gasteiger partial charge in [-0.15, -0.1) is 0 Å². The fraction of sp³-hybridized carbons (Fsp3) is 0.250. The fourth-order valence-electron chi connectivity index (χ4n) is 4.11. The number of aromatic amines is 1. The standard InChI is InChI=1S/C24H21F3N4O6/c1-23(21(34)35,30-19(32)10-28)18-11-31(22(36)37-18)13-7-6-12-8-17(29-20(33)15(12)9-13)14-4-2-3-5-16(14)24(25,26)27/h2-9,18H,10-11,28H2,1H3,(H,29,33)(H,30,32)(H,34,35)/t18?,23-/m0/s1. The summed E-state index contributed by atoms with van der Waals surface area (Å²) in [4.78, 5) is 52.6. The number of fused-ring (bicyclic) bond motifs is 1. The number of H-pyrrole nitrogens is 1. The van der Waals surface area contributed by atoms with Crippen LogP contribution in [0.2, 0.25) is 0 Å². The van der Waals surface area contributed by atoms with Crippen LogP contribution < -0.4 is 21.5 Å². The molecule has 37 heavy (non-hydrogen) atoms. The molecule has 2 atom stereocenters. The van der Waals surface area contributed by atoms with Gasteiger partial charge in [-0.05, 0) is 36.6 Å². The Morgan fingerprint density at radius 1 is 1.19 bits per heavy atom. The van der Waals surface area contributed by atoms with Crippen LogP contribution in [0.4, 0.5) is 23.7 Å². The van der Waals surface area contributed by atoms with E-state index in [2.05, 4.69) is 10.3 Å². The molecular weight excluding hydrogens is 497 g/mol. The molecule has 194 valence electrons. The molecule has 3 aromatic rings. The van der Waals surface area contributed by atoms with Gasteiger partial charge in [0.05, 0.1) is 18.7 Å². The number of nitrogens with one attached hydrogen (secondary N) is 2. The van der Waals surface area contributed by atoms with Gasteiger partial charge in [-0.2, -0.15) is 13.2 Å². The summed E-state index contributed by atoms with van der Waals surface area (Å²) >= 11 is 0. The van der Waals surface area contributed by atoms with Crippen molar-refractivity contribution >= 4 is 34.4 Å². The van der Waals surface area contributed by atoms with Gasteiger partial charge in [0.2, 0.25) is 5.91 Å². The lowest BCUT2D eigenvalue weighted by Crippen LogP contribution is -2.62. The van der Waals surface area contributed by atoms with E-state index in [0.717, 1.165) is 11.0 Å². The van der Waals surface area contributed by atoms with Crippen molar-refractivity contribution in [3.8, 4) is 11.3 Å². The number of anilines is 1. The summed E-state index contributed by atoms with van der Waals surface area (Å²) in [7, 11) is 0. The number of carboxylic acid groups (broad SMARTS) is 1. The van der Waals surface area contributed by atoms with Gasteiger partial charge in [0.25, 0.3) is 5.56 Å². The minimum atomic E-state index is -4.63. The van der Waals surface area contributed by atoms with E-state index in [4.69, 9.17) is 10.5 Å². The molecule has 1 aliphatic heterocycles. The number of aromatic nitrogens is 1. The molecule has 2 heterocycles. The number of pyridine rings is 1. The molecule has 5 N–H and O–H groups in total. The minimum absolute atomic E-state index is 0.0355. The number of halogens is 3. The average Bonchev–Trinajstić information content (AvgIpc) is 3.25. The number of nitrogens with two attached hydrogens (primary N) is 1. The number of cyclic esters (lactones) is 1. The third-order valence-electron chi connectivity index (χ3n) is 6.15. The molecule has 0 aliphatic carbocycles. The summed E-state index contributed by atoms with van der Waals surface area (Å²) in [6.07, 6.45) is -6.83. The Hall–Kier alpha value is -4.39. The predicted molar refractivity (Wildman–Crippen MR) is 126 cm³/mol. The summed E-state index contributed by atoms with van der Waals surface area (Å²) in [5.41, 5.74) is 1.63. The number of benzene rings is 2. The maximum atomic E-state index is 13.5. The first-order valence-corrected chi connectivity index (χ1v) is 10.9. The Kier molecular flexibility index (Phi) is 6.42. The number of amides is 2. The first-order chi connectivity index (χ1) is 17.3. The fourth-order valence-corrected chi connectivity index (χ4v) is 4.11. The Balaban J connectivity index is 1.69. The van der Waals surface area contributed by atoms with Crippen LogP contribution in [0.3, 0.4) is 0 Å². The van der Waals surface area contributed by atoms with Crippen LogP contribution in [0.25, 0.3) is 22.0 Å². The van der Waals surface area contributed by atoms with E-state index in [1.807, 2.05) is 0 Å². The maximum absolute atomic E-state index is 13.5. The van der Waals surface area contributed by atoms with Crippen molar-refractivity contribution in [2.75, 3.05) is 18.0 Å². The smallest absolute Gasteiger partial charge is 0.417 e. The van der Waals surface area contributed by atoms with Crippen molar-refractivity contribution in [3.05, 3.63) is 64.4 Å². The lowest BCUT2D eigenvalue weighted by atomic mass is 9.94. The number of carboxylic acids is 1. The van der Waals surface area contributed by atoms with Gasteiger partial charge in [0.15, 0.2) is 11.6 Å². The van der Waals surface area contributed by atoms with Crippen molar-refractivity contribution in [3.63, 3.8) is 0 Å². The third kappa shape index (κ3) is 4.72. The largest absolute Gasteiger partial charge is 0.479 e. The van der Waals surface area contributed by atoms with E-state index in [1.165, 1.54) is 49.4 Å². The first kappa shape index (κ1) is 25.7. The molecule has 1 unspecified atom stereocenters. The topological polar surface area (TPSA) is 155 Å². The summed E-state index contributed by atoms with van der Waals surface area (Å²) < 4.78 is 45.6. The number of aliphatic carboxylic acids is 1. The lowest BCUT2D eigenvalue weighted by molar-refractivity contribution is -0.150. The summed E-state index contributed by atoms with van der Waals surface area (Å²) in [6.45, 7) is 0.429. The highest BCUT2D eigenvalue weighted by atomic mass is 19.4. The predicted octanol–water partition coefficient (Wildman–Crippen LogP) is 2.46. The molecule has 10 nitrogen and oxygen atoms in total. The number of ether oxygens (including phenoxy) is 1. The number of rotatable bonds is 6. The molecule has 0 bridgehead atoms. The lowest BCUT2D eigenvalue weighted by Gasteiger charge is -2.30. The van der Waals surface area contributed by atoms with Crippen LogP contribution in [0.1, 0.15) is 12.5 Å². The highest BCUT2D eigenvalue weighted by Gasteiger charge is 2.50. The van der Waals surface area contributed by atoms with Crippen LogP contribution in [-0.4, -0.2) is 52.8 Å². The molecule has 0 radical (unpaired) electrons.